The Bertz CT molecular complexity index is 1730. The molecule has 0 spiro atoms. The number of hydrogen-bond acceptors (Lipinski definition) is 5. The first-order valence-corrected chi connectivity index (χ1v) is 15.5. The topological polar surface area (TPSA) is 67.8 Å². The van der Waals surface area contributed by atoms with Gasteiger partial charge < -0.3 is 9.50 Å². The molecule has 4 aromatic carbocycles. The molecule has 0 amide bonds. The summed E-state index contributed by atoms with van der Waals surface area (Å²) in [6, 6.07) is 27.1. The van der Waals surface area contributed by atoms with Gasteiger partial charge in [-0.25, -0.2) is 0 Å². The molecule has 0 radical (unpaired) electrons. The molecule has 1 heterocycles. The number of benzene rings is 4. The van der Waals surface area contributed by atoms with Crippen molar-refractivity contribution in [2.24, 2.45) is 10.9 Å². The normalized spacial score (nSPS) is 19.7. The fourth-order valence-corrected chi connectivity index (χ4v) is 7.03. The Morgan fingerprint density at radius 3 is 2.42 bits per heavy atom. The summed E-state index contributed by atoms with van der Waals surface area (Å²) < 4.78 is 31.2. The molecule has 0 saturated heterocycles. The molecule has 0 saturated carbocycles. The fourth-order valence-electron chi connectivity index (χ4n) is 5.50. The zero-order valence-electron chi connectivity index (χ0n) is 22.2. The Kier molecular flexibility index (Phi) is 7.11. The van der Waals surface area contributed by atoms with E-state index in [0.717, 1.165) is 23.2 Å². The van der Waals surface area contributed by atoms with Gasteiger partial charge in [0.05, 0.1) is 16.2 Å². The standard InChI is InChI=1S/C33H29BrN2O3S/c1-21-6-14-26(15-7-21)40(37,38)39-32-17-9-23(19-30(32)34)20-35-25-12-10-24(11-13-25)33-28-5-3-4-27(28)29-18-22(2)8-16-31(29)36-33/h3-4,6-20,27-28,33,36H,5H2,1-2H3/t27-,28-,33+/m1/s1. The van der Waals surface area contributed by atoms with Crippen molar-refractivity contribution in [1.82, 2.24) is 0 Å². The van der Waals surface area contributed by atoms with E-state index in [4.69, 9.17) is 4.18 Å². The van der Waals surface area contributed by atoms with Gasteiger partial charge in [-0.15, -0.1) is 0 Å². The van der Waals surface area contributed by atoms with Gasteiger partial charge >= 0.3 is 10.1 Å². The summed E-state index contributed by atoms with van der Waals surface area (Å²) in [6.07, 6.45) is 7.50. The first kappa shape index (κ1) is 26.5. The van der Waals surface area contributed by atoms with Gasteiger partial charge in [0.25, 0.3) is 0 Å². The maximum Gasteiger partial charge on any atom is 0.339 e. The maximum absolute atomic E-state index is 12.7. The molecule has 2 aliphatic rings. The summed E-state index contributed by atoms with van der Waals surface area (Å²) in [5.41, 5.74) is 7.79. The quantitative estimate of drug-likeness (QED) is 0.135. The number of allylic oxidation sites excluding steroid dienone is 2. The molecule has 0 aromatic heterocycles. The van der Waals surface area contributed by atoms with Crippen molar-refractivity contribution in [3.05, 3.63) is 129 Å². The highest BCUT2D eigenvalue weighted by Gasteiger charge is 2.37. The van der Waals surface area contributed by atoms with Gasteiger partial charge in [0.2, 0.25) is 0 Å². The van der Waals surface area contributed by atoms with Gasteiger partial charge in [-0.1, -0.05) is 59.7 Å². The highest BCUT2D eigenvalue weighted by Crippen LogP contribution is 2.50. The summed E-state index contributed by atoms with van der Waals surface area (Å²) >= 11 is 3.44. The third-order valence-corrected chi connectivity index (χ3v) is 9.47. The number of halogens is 1. The Balaban J connectivity index is 1.15. The second-order valence-electron chi connectivity index (χ2n) is 10.5. The average Bonchev–Trinajstić information content (AvgIpc) is 3.44. The van der Waals surface area contributed by atoms with Gasteiger partial charge in [0.15, 0.2) is 5.75 Å². The minimum Gasteiger partial charge on any atom is -0.378 e. The first-order chi connectivity index (χ1) is 19.3. The summed E-state index contributed by atoms with van der Waals surface area (Å²) in [7, 11) is -3.93. The Hall–Kier alpha value is -3.68. The van der Waals surface area contributed by atoms with Crippen LogP contribution in [0.4, 0.5) is 11.4 Å². The minimum atomic E-state index is -3.93. The number of anilines is 1. The molecule has 6 rings (SSSR count). The fraction of sp³-hybridized carbons (Fsp3) is 0.182. The van der Waals surface area contributed by atoms with Crippen LogP contribution in [0.3, 0.4) is 0 Å². The lowest BCUT2D eigenvalue weighted by atomic mass is 9.76. The van der Waals surface area contributed by atoms with E-state index in [-0.39, 0.29) is 16.7 Å². The second-order valence-corrected chi connectivity index (χ2v) is 12.9. The molecule has 4 aromatic rings. The van der Waals surface area contributed by atoms with E-state index in [1.807, 2.05) is 19.1 Å². The van der Waals surface area contributed by atoms with Gasteiger partial charge in [0.1, 0.15) is 4.90 Å². The van der Waals surface area contributed by atoms with Crippen LogP contribution in [0.5, 0.6) is 5.75 Å². The molecule has 0 unspecified atom stereocenters. The molecule has 40 heavy (non-hydrogen) atoms. The van der Waals surface area contributed by atoms with Crippen molar-refractivity contribution in [2.75, 3.05) is 5.32 Å². The van der Waals surface area contributed by atoms with Crippen LogP contribution in [0.15, 0.2) is 111 Å². The lowest BCUT2D eigenvalue weighted by molar-refractivity contribution is 0.425. The Morgan fingerprint density at radius 2 is 1.68 bits per heavy atom. The van der Waals surface area contributed by atoms with Crippen molar-refractivity contribution in [2.45, 2.75) is 37.1 Å². The van der Waals surface area contributed by atoms with Crippen LogP contribution in [-0.4, -0.2) is 14.6 Å². The minimum absolute atomic E-state index is 0.113. The van der Waals surface area contributed by atoms with Gasteiger partial charge in [-0.3, -0.25) is 4.99 Å². The second kappa shape index (κ2) is 10.7. The molecule has 1 aliphatic heterocycles. The molecule has 0 fully saturated rings. The van der Waals surface area contributed by atoms with Gasteiger partial charge in [-0.05, 0) is 107 Å². The Morgan fingerprint density at radius 1 is 0.925 bits per heavy atom. The molecule has 1 aliphatic carbocycles. The zero-order valence-corrected chi connectivity index (χ0v) is 24.6. The number of rotatable bonds is 6. The summed E-state index contributed by atoms with van der Waals surface area (Å²) in [5, 5.41) is 3.79. The van der Waals surface area contributed by atoms with E-state index >= 15 is 0 Å². The van der Waals surface area contributed by atoms with Crippen LogP contribution >= 0.6 is 15.9 Å². The zero-order chi connectivity index (χ0) is 27.9. The summed E-state index contributed by atoms with van der Waals surface area (Å²) in [5.74, 6) is 1.16. The molecule has 3 atom stereocenters. The van der Waals surface area contributed by atoms with E-state index in [9.17, 15) is 8.42 Å². The third kappa shape index (κ3) is 5.36. The highest BCUT2D eigenvalue weighted by atomic mass is 79.9. The first-order valence-electron chi connectivity index (χ1n) is 13.3. The van der Waals surface area contributed by atoms with E-state index in [2.05, 4.69) is 75.6 Å². The molecular weight excluding hydrogens is 584 g/mol. The molecule has 0 bridgehead atoms. The van der Waals surface area contributed by atoms with Gasteiger partial charge in [0, 0.05) is 17.8 Å². The van der Waals surface area contributed by atoms with E-state index < -0.39 is 10.1 Å². The van der Waals surface area contributed by atoms with Crippen molar-refractivity contribution in [3.63, 3.8) is 0 Å². The van der Waals surface area contributed by atoms with Crippen LogP contribution in [-0.2, 0) is 10.1 Å². The van der Waals surface area contributed by atoms with Crippen LogP contribution in [0.1, 0.15) is 46.2 Å². The lowest BCUT2D eigenvalue weighted by Crippen LogP contribution is -2.29. The molecule has 7 heteroatoms. The van der Waals surface area contributed by atoms with Crippen LogP contribution < -0.4 is 9.50 Å². The third-order valence-electron chi connectivity index (χ3n) is 7.60. The van der Waals surface area contributed by atoms with Crippen molar-refractivity contribution in [1.29, 1.82) is 0 Å². The SMILES string of the molecule is Cc1ccc(S(=O)(=O)Oc2ccc(C=Nc3ccc([C@@H]4Nc5ccc(C)cc5[C@@H]5C=CC[C@H]54)cc3)cc2Br)cc1. The molecular formula is C33H29BrN2O3S. The van der Waals surface area contributed by atoms with Crippen molar-refractivity contribution in [3.8, 4) is 5.75 Å². The number of nitrogens with zero attached hydrogens (tertiary/aromatic N) is 1. The number of nitrogens with one attached hydrogen (secondary N) is 1. The summed E-state index contributed by atoms with van der Waals surface area (Å²) in [4.78, 5) is 4.75. The van der Waals surface area contributed by atoms with Crippen molar-refractivity contribution >= 4 is 43.6 Å². The van der Waals surface area contributed by atoms with E-state index in [1.54, 1.807) is 36.5 Å². The van der Waals surface area contributed by atoms with Crippen LogP contribution in [0.2, 0.25) is 0 Å². The highest BCUT2D eigenvalue weighted by molar-refractivity contribution is 9.10. The van der Waals surface area contributed by atoms with Gasteiger partial charge in [-0.2, -0.15) is 8.42 Å². The average molecular weight is 614 g/mol. The molecule has 1 N–H and O–H groups in total. The van der Waals surface area contributed by atoms with E-state index in [0.29, 0.717) is 16.3 Å². The number of hydrogen-bond donors (Lipinski definition) is 1. The lowest BCUT2D eigenvalue weighted by Gasteiger charge is -2.37. The maximum atomic E-state index is 12.7. The predicted molar refractivity (Wildman–Crippen MR) is 164 cm³/mol. The largest absolute Gasteiger partial charge is 0.378 e. The van der Waals surface area contributed by atoms with E-state index in [1.165, 1.54) is 34.5 Å². The molecule has 5 nitrogen and oxygen atoms in total. The number of fused-ring (bicyclic) bond motifs is 3. The van der Waals surface area contributed by atoms with Crippen LogP contribution in [0, 0.1) is 19.8 Å². The Labute approximate surface area is 243 Å². The summed E-state index contributed by atoms with van der Waals surface area (Å²) in [6.45, 7) is 4.05. The number of aryl methyl sites for hydroxylation is 2. The molecule has 202 valence electrons. The smallest absolute Gasteiger partial charge is 0.339 e. The predicted octanol–water partition coefficient (Wildman–Crippen LogP) is 8.41. The van der Waals surface area contributed by atoms with Crippen molar-refractivity contribution < 1.29 is 12.6 Å². The number of aliphatic imine (C=N–C) groups is 1. The van der Waals surface area contributed by atoms with Crippen LogP contribution in [0.25, 0.3) is 0 Å². The monoisotopic (exact) mass is 612 g/mol.